The molecule has 5 heteroatoms. The molecule has 0 radical (unpaired) electrons. The summed E-state index contributed by atoms with van der Waals surface area (Å²) < 4.78 is 0. The Morgan fingerprint density at radius 1 is 0.800 bits per heavy atom. The maximum Gasteiger partial charge on any atom is 0.226 e. The molecule has 1 aromatic rings. The molecule has 1 aromatic carbocycles. The van der Waals surface area contributed by atoms with Crippen LogP contribution in [0.15, 0.2) is 30.3 Å². The summed E-state index contributed by atoms with van der Waals surface area (Å²) in [6.45, 7) is 5.99. The Labute approximate surface area is 181 Å². The third-order valence-electron chi connectivity index (χ3n) is 7.24. The zero-order valence-electron chi connectivity index (χ0n) is 18.3. The predicted octanol–water partition coefficient (Wildman–Crippen LogP) is 3.33. The van der Waals surface area contributed by atoms with Gasteiger partial charge >= 0.3 is 0 Å². The molecule has 0 spiro atoms. The zero-order valence-corrected chi connectivity index (χ0v) is 18.3. The second kappa shape index (κ2) is 10.4. The Morgan fingerprint density at radius 3 is 2.23 bits per heavy atom. The molecule has 3 aliphatic rings. The van der Waals surface area contributed by atoms with E-state index in [1.54, 1.807) is 0 Å². The molecule has 3 saturated heterocycles. The minimum atomic E-state index is 0.215. The fraction of sp³-hybridized carbons (Fsp3) is 0.680. The molecule has 3 aliphatic heterocycles. The Hall–Kier alpha value is -1.88. The van der Waals surface area contributed by atoms with Crippen molar-refractivity contribution < 1.29 is 9.59 Å². The van der Waals surface area contributed by atoms with Crippen LogP contribution in [0.1, 0.15) is 56.9 Å². The monoisotopic (exact) mass is 411 g/mol. The summed E-state index contributed by atoms with van der Waals surface area (Å²) >= 11 is 0. The smallest absolute Gasteiger partial charge is 0.226 e. The largest absolute Gasteiger partial charge is 0.342 e. The number of hydrogen-bond donors (Lipinski definition) is 0. The van der Waals surface area contributed by atoms with Crippen LogP contribution < -0.4 is 0 Å². The molecular weight excluding hydrogens is 374 g/mol. The molecule has 0 aliphatic carbocycles. The van der Waals surface area contributed by atoms with E-state index < -0.39 is 0 Å². The first kappa shape index (κ1) is 21.4. The first-order valence-corrected chi connectivity index (χ1v) is 12.0. The average molecular weight is 412 g/mol. The lowest BCUT2D eigenvalue weighted by atomic mass is 9.91. The van der Waals surface area contributed by atoms with Gasteiger partial charge in [-0.2, -0.15) is 0 Å². The minimum absolute atomic E-state index is 0.215. The summed E-state index contributed by atoms with van der Waals surface area (Å²) in [5, 5.41) is 0. The molecule has 2 amide bonds. The van der Waals surface area contributed by atoms with Crippen molar-refractivity contribution in [1.29, 1.82) is 0 Å². The summed E-state index contributed by atoms with van der Waals surface area (Å²) in [5.41, 5.74) is 1.08. The second-order valence-corrected chi connectivity index (χ2v) is 9.44. The fourth-order valence-corrected chi connectivity index (χ4v) is 5.41. The molecule has 1 atom stereocenters. The van der Waals surface area contributed by atoms with E-state index in [2.05, 4.69) is 9.80 Å². The van der Waals surface area contributed by atoms with Gasteiger partial charge in [-0.15, -0.1) is 0 Å². The molecule has 0 aromatic heterocycles. The Bertz CT molecular complexity index is 694. The van der Waals surface area contributed by atoms with E-state index >= 15 is 0 Å². The Balaban J connectivity index is 1.23. The highest BCUT2D eigenvalue weighted by atomic mass is 16.2. The standard InChI is InChI=1S/C25H37N3O2/c29-24(18-21-8-2-1-3-9-21)27-16-11-22(12-17-27)19-25(30)28-15-5-4-10-23(28)20-26-13-6-7-14-26/h1-3,8-9,22-23H,4-7,10-20H2/t23-/m1/s1. The van der Waals surface area contributed by atoms with Gasteiger partial charge in [-0.1, -0.05) is 30.3 Å². The van der Waals surface area contributed by atoms with Crippen LogP contribution in [-0.4, -0.2) is 71.8 Å². The van der Waals surface area contributed by atoms with E-state index in [1.807, 2.05) is 35.2 Å². The first-order valence-electron chi connectivity index (χ1n) is 12.0. The Kier molecular flexibility index (Phi) is 7.42. The average Bonchev–Trinajstić information content (AvgIpc) is 3.28. The third-order valence-corrected chi connectivity index (χ3v) is 7.24. The first-order chi connectivity index (χ1) is 14.7. The van der Waals surface area contributed by atoms with Crippen LogP contribution in [0.3, 0.4) is 0 Å². The van der Waals surface area contributed by atoms with Crippen molar-refractivity contribution >= 4 is 11.8 Å². The number of piperidine rings is 2. The summed E-state index contributed by atoms with van der Waals surface area (Å²) in [6.07, 6.45) is 9.24. The molecule has 5 nitrogen and oxygen atoms in total. The SMILES string of the molecule is O=C(Cc1ccccc1)N1CCC(CC(=O)N2CCCC[C@@H]2CN2CCCC2)CC1. The van der Waals surface area contributed by atoms with Gasteiger partial charge in [0.15, 0.2) is 0 Å². The van der Waals surface area contributed by atoms with E-state index in [0.29, 0.717) is 30.7 Å². The van der Waals surface area contributed by atoms with Crippen LogP contribution in [0, 0.1) is 5.92 Å². The van der Waals surface area contributed by atoms with E-state index in [9.17, 15) is 9.59 Å². The summed E-state index contributed by atoms with van der Waals surface area (Å²) in [4.78, 5) is 32.5. The number of amides is 2. The van der Waals surface area contributed by atoms with Gasteiger partial charge in [-0.25, -0.2) is 0 Å². The Morgan fingerprint density at radius 2 is 1.50 bits per heavy atom. The van der Waals surface area contributed by atoms with E-state index in [0.717, 1.165) is 57.4 Å². The molecule has 4 rings (SSSR count). The maximum atomic E-state index is 13.1. The molecule has 0 bridgehead atoms. The number of carbonyl (C=O) groups excluding carboxylic acids is 2. The highest BCUT2D eigenvalue weighted by Crippen LogP contribution is 2.26. The summed E-state index contributed by atoms with van der Waals surface area (Å²) in [5.74, 6) is 0.994. The van der Waals surface area contributed by atoms with Gasteiger partial charge in [0.05, 0.1) is 6.42 Å². The normalized spacial score (nSPS) is 23.7. The van der Waals surface area contributed by atoms with E-state index in [1.165, 1.54) is 32.4 Å². The van der Waals surface area contributed by atoms with E-state index in [4.69, 9.17) is 0 Å². The molecular formula is C25H37N3O2. The molecule has 164 valence electrons. The quantitative estimate of drug-likeness (QED) is 0.721. The van der Waals surface area contributed by atoms with Crippen molar-refractivity contribution in [2.75, 3.05) is 39.3 Å². The predicted molar refractivity (Wildman–Crippen MR) is 119 cm³/mol. The minimum Gasteiger partial charge on any atom is -0.342 e. The van der Waals surface area contributed by atoms with E-state index in [-0.39, 0.29) is 5.91 Å². The zero-order chi connectivity index (χ0) is 20.8. The lowest BCUT2D eigenvalue weighted by Crippen LogP contribution is -2.49. The van der Waals surface area contributed by atoms with Gasteiger partial charge in [0, 0.05) is 38.6 Å². The van der Waals surface area contributed by atoms with Gasteiger partial charge in [-0.3, -0.25) is 9.59 Å². The third kappa shape index (κ3) is 5.63. The molecule has 3 fully saturated rings. The molecule has 30 heavy (non-hydrogen) atoms. The van der Waals surface area contributed by atoms with Crippen LogP contribution in [0.25, 0.3) is 0 Å². The maximum absolute atomic E-state index is 13.1. The van der Waals surface area contributed by atoms with Gasteiger partial charge in [0.25, 0.3) is 0 Å². The number of nitrogens with zero attached hydrogens (tertiary/aromatic N) is 3. The summed E-state index contributed by atoms with van der Waals surface area (Å²) in [7, 11) is 0. The van der Waals surface area contributed by atoms with Crippen molar-refractivity contribution in [2.45, 2.75) is 63.8 Å². The van der Waals surface area contributed by atoms with Crippen molar-refractivity contribution in [1.82, 2.24) is 14.7 Å². The number of likely N-dealkylation sites (tertiary alicyclic amines) is 3. The number of carbonyl (C=O) groups is 2. The van der Waals surface area contributed by atoms with Crippen molar-refractivity contribution in [3.05, 3.63) is 35.9 Å². The van der Waals surface area contributed by atoms with Gasteiger partial charge in [0.1, 0.15) is 0 Å². The molecule has 0 saturated carbocycles. The van der Waals surface area contributed by atoms with Crippen molar-refractivity contribution in [3.63, 3.8) is 0 Å². The van der Waals surface area contributed by atoms with Crippen LogP contribution in [-0.2, 0) is 16.0 Å². The van der Waals surface area contributed by atoms with Crippen molar-refractivity contribution in [2.24, 2.45) is 5.92 Å². The highest BCUT2D eigenvalue weighted by molar-refractivity contribution is 5.79. The second-order valence-electron chi connectivity index (χ2n) is 9.44. The fourth-order valence-electron chi connectivity index (χ4n) is 5.41. The topological polar surface area (TPSA) is 43.9 Å². The number of benzene rings is 1. The van der Waals surface area contributed by atoms with Crippen LogP contribution >= 0.6 is 0 Å². The number of rotatable bonds is 6. The van der Waals surface area contributed by atoms with Crippen molar-refractivity contribution in [3.8, 4) is 0 Å². The van der Waals surface area contributed by atoms with Gasteiger partial charge in [0.2, 0.25) is 11.8 Å². The van der Waals surface area contributed by atoms with Gasteiger partial charge < -0.3 is 14.7 Å². The molecule has 3 heterocycles. The summed E-state index contributed by atoms with van der Waals surface area (Å²) in [6, 6.07) is 10.4. The molecule has 0 unspecified atom stereocenters. The van der Waals surface area contributed by atoms with Gasteiger partial charge in [-0.05, 0) is 69.5 Å². The lowest BCUT2D eigenvalue weighted by Gasteiger charge is -2.39. The highest BCUT2D eigenvalue weighted by Gasteiger charge is 2.31. The number of hydrogen-bond acceptors (Lipinski definition) is 3. The lowest BCUT2D eigenvalue weighted by molar-refractivity contribution is -0.137. The van der Waals surface area contributed by atoms with Crippen LogP contribution in [0.5, 0.6) is 0 Å². The molecule has 0 N–H and O–H groups in total. The van der Waals surface area contributed by atoms with Crippen LogP contribution in [0.2, 0.25) is 0 Å². The van der Waals surface area contributed by atoms with Crippen LogP contribution in [0.4, 0.5) is 0 Å².